The summed E-state index contributed by atoms with van der Waals surface area (Å²) in [6.07, 6.45) is 3.04. The van der Waals surface area contributed by atoms with Gasteiger partial charge in [-0.05, 0) is 62.2 Å². The number of hydrogen-bond donors (Lipinski definition) is 1. The molecule has 0 saturated carbocycles. The molecule has 0 atom stereocenters. The summed E-state index contributed by atoms with van der Waals surface area (Å²) in [5.41, 5.74) is 4.80. The Labute approximate surface area is 207 Å². The number of amides is 1. The molecule has 0 aliphatic rings. The summed E-state index contributed by atoms with van der Waals surface area (Å²) < 4.78 is 6.60. The van der Waals surface area contributed by atoms with Gasteiger partial charge in [-0.3, -0.25) is 4.79 Å². The van der Waals surface area contributed by atoms with Crippen LogP contribution in [0, 0.1) is 13.8 Å². The van der Waals surface area contributed by atoms with Crippen molar-refractivity contribution in [1.82, 2.24) is 19.6 Å². The van der Waals surface area contributed by atoms with E-state index in [-0.39, 0.29) is 11.9 Å². The Morgan fingerprint density at radius 2 is 1.86 bits per heavy atom. The molecule has 1 N–H and O–H groups in total. The molecule has 9 heteroatoms. The standard InChI is InChI=1S/C26H25N5O3S/c1-4-34-23(32)14-11-19-9-12-21(13-10-19)28-24(33)22-8-6-5-7-20(22)16-35-26-29-25-27-17(2)15-18(3)31(25)30-26/h5-15H,4,16H2,1-3H3,(H,28,33)/b14-11+. The van der Waals surface area contributed by atoms with Crippen molar-refractivity contribution >= 4 is 41.2 Å². The van der Waals surface area contributed by atoms with Gasteiger partial charge in [-0.2, -0.15) is 4.98 Å². The molecular weight excluding hydrogens is 462 g/mol. The van der Waals surface area contributed by atoms with E-state index >= 15 is 0 Å². The Bertz CT molecular complexity index is 1400. The van der Waals surface area contributed by atoms with Crippen LogP contribution in [0.4, 0.5) is 5.69 Å². The third-order valence-electron chi connectivity index (χ3n) is 5.08. The minimum absolute atomic E-state index is 0.202. The largest absolute Gasteiger partial charge is 0.463 e. The van der Waals surface area contributed by atoms with Crippen LogP contribution in [0.1, 0.15) is 39.8 Å². The van der Waals surface area contributed by atoms with E-state index in [4.69, 9.17) is 4.74 Å². The van der Waals surface area contributed by atoms with E-state index in [0.29, 0.717) is 34.5 Å². The van der Waals surface area contributed by atoms with E-state index in [1.165, 1.54) is 17.8 Å². The van der Waals surface area contributed by atoms with Gasteiger partial charge in [-0.1, -0.05) is 42.1 Å². The van der Waals surface area contributed by atoms with Crippen molar-refractivity contribution in [2.24, 2.45) is 0 Å². The number of aryl methyl sites for hydroxylation is 2. The summed E-state index contributed by atoms with van der Waals surface area (Å²) in [6.45, 7) is 5.99. The van der Waals surface area contributed by atoms with Gasteiger partial charge in [0.05, 0.1) is 6.61 Å². The second-order valence-electron chi connectivity index (χ2n) is 7.75. The Morgan fingerprint density at radius 3 is 2.63 bits per heavy atom. The van der Waals surface area contributed by atoms with Crippen molar-refractivity contribution in [3.63, 3.8) is 0 Å². The molecule has 2 heterocycles. The number of fused-ring (bicyclic) bond motifs is 1. The minimum Gasteiger partial charge on any atom is -0.463 e. The van der Waals surface area contributed by atoms with Crippen molar-refractivity contribution in [2.45, 2.75) is 31.7 Å². The van der Waals surface area contributed by atoms with Crippen molar-refractivity contribution in [3.8, 4) is 0 Å². The van der Waals surface area contributed by atoms with Gasteiger partial charge in [0.25, 0.3) is 11.7 Å². The highest BCUT2D eigenvalue weighted by atomic mass is 32.2. The quantitative estimate of drug-likeness (QED) is 0.215. The molecule has 178 valence electrons. The van der Waals surface area contributed by atoms with Gasteiger partial charge < -0.3 is 10.1 Å². The van der Waals surface area contributed by atoms with E-state index in [1.807, 2.05) is 50.2 Å². The molecule has 0 radical (unpaired) electrons. The first-order valence-electron chi connectivity index (χ1n) is 11.1. The highest BCUT2D eigenvalue weighted by Gasteiger charge is 2.14. The van der Waals surface area contributed by atoms with Crippen molar-refractivity contribution < 1.29 is 14.3 Å². The molecule has 4 rings (SSSR count). The van der Waals surface area contributed by atoms with Gasteiger partial charge in [0, 0.05) is 34.5 Å². The first-order valence-corrected chi connectivity index (χ1v) is 12.1. The zero-order valence-corrected chi connectivity index (χ0v) is 20.5. The number of thioether (sulfide) groups is 1. The maximum atomic E-state index is 13.0. The van der Waals surface area contributed by atoms with Crippen LogP contribution >= 0.6 is 11.8 Å². The van der Waals surface area contributed by atoms with Crippen LogP contribution in [-0.4, -0.2) is 38.1 Å². The Balaban J connectivity index is 1.42. The number of carbonyl (C=O) groups is 2. The Morgan fingerprint density at radius 1 is 1.09 bits per heavy atom. The zero-order valence-electron chi connectivity index (χ0n) is 19.7. The van der Waals surface area contributed by atoms with Gasteiger partial charge in [0.15, 0.2) is 0 Å². The Hall–Kier alpha value is -3.98. The SMILES string of the molecule is CCOC(=O)/C=C/c1ccc(NC(=O)c2ccccc2CSc2nc3nc(C)cc(C)n3n2)cc1. The lowest BCUT2D eigenvalue weighted by molar-refractivity contribution is -0.137. The predicted octanol–water partition coefficient (Wildman–Crippen LogP) is 4.86. The fraction of sp³-hybridized carbons (Fsp3) is 0.192. The van der Waals surface area contributed by atoms with E-state index < -0.39 is 0 Å². The molecule has 8 nitrogen and oxygen atoms in total. The highest BCUT2D eigenvalue weighted by Crippen LogP contribution is 2.23. The zero-order chi connectivity index (χ0) is 24.8. The molecule has 0 aliphatic heterocycles. The lowest BCUT2D eigenvalue weighted by Crippen LogP contribution is -2.14. The average Bonchev–Trinajstić information content (AvgIpc) is 3.26. The van der Waals surface area contributed by atoms with Crippen LogP contribution in [0.3, 0.4) is 0 Å². The number of ether oxygens (including phenoxy) is 1. The number of rotatable bonds is 8. The van der Waals surface area contributed by atoms with E-state index in [9.17, 15) is 9.59 Å². The Kier molecular flexibility index (Phi) is 7.57. The number of benzene rings is 2. The second kappa shape index (κ2) is 11.0. The molecule has 0 bridgehead atoms. The van der Waals surface area contributed by atoms with E-state index in [2.05, 4.69) is 20.4 Å². The number of nitrogens with zero attached hydrogens (tertiary/aromatic N) is 4. The maximum Gasteiger partial charge on any atom is 0.330 e. The first-order chi connectivity index (χ1) is 16.9. The van der Waals surface area contributed by atoms with Crippen LogP contribution in [0.25, 0.3) is 11.9 Å². The van der Waals surface area contributed by atoms with Crippen molar-refractivity contribution in [2.75, 3.05) is 11.9 Å². The number of aromatic nitrogens is 4. The van der Waals surface area contributed by atoms with Crippen LogP contribution in [0.2, 0.25) is 0 Å². The summed E-state index contributed by atoms with van der Waals surface area (Å²) in [4.78, 5) is 33.4. The normalized spacial score (nSPS) is 11.2. The number of anilines is 1. The number of carbonyl (C=O) groups excluding carboxylic acids is 2. The molecule has 4 aromatic rings. The molecule has 35 heavy (non-hydrogen) atoms. The average molecular weight is 488 g/mol. The van der Waals surface area contributed by atoms with Gasteiger partial charge >= 0.3 is 5.97 Å². The van der Waals surface area contributed by atoms with Crippen LogP contribution in [-0.2, 0) is 15.3 Å². The van der Waals surface area contributed by atoms with E-state index in [0.717, 1.165) is 22.5 Å². The topological polar surface area (TPSA) is 98.5 Å². The summed E-state index contributed by atoms with van der Waals surface area (Å²) in [5.74, 6) is 0.513. The number of nitrogens with one attached hydrogen (secondary N) is 1. The highest BCUT2D eigenvalue weighted by molar-refractivity contribution is 7.98. The summed E-state index contributed by atoms with van der Waals surface area (Å²) in [5, 5.41) is 8.07. The molecular formula is C26H25N5O3S. The molecule has 0 unspecified atom stereocenters. The predicted molar refractivity (Wildman–Crippen MR) is 136 cm³/mol. The summed E-state index contributed by atoms with van der Waals surface area (Å²) in [6, 6.07) is 16.6. The van der Waals surface area contributed by atoms with Gasteiger partial charge in [0.1, 0.15) is 0 Å². The molecule has 2 aromatic carbocycles. The van der Waals surface area contributed by atoms with Crippen molar-refractivity contribution in [1.29, 1.82) is 0 Å². The minimum atomic E-state index is -0.389. The fourth-order valence-electron chi connectivity index (χ4n) is 3.45. The molecule has 0 fully saturated rings. The van der Waals surface area contributed by atoms with Gasteiger partial charge in [-0.15, -0.1) is 5.10 Å². The van der Waals surface area contributed by atoms with E-state index in [1.54, 1.807) is 35.7 Å². The third kappa shape index (κ3) is 6.13. The van der Waals surface area contributed by atoms with Crippen LogP contribution in [0.5, 0.6) is 0 Å². The summed E-state index contributed by atoms with van der Waals surface area (Å²) >= 11 is 1.46. The number of hydrogen-bond acceptors (Lipinski definition) is 7. The van der Waals surface area contributed by atoms with Crippen LogP contribution in [0.15, 0.2) is 65.8 Å². The molecule has 0 aliphatic carbocycles. The first kappa shape index (κ1) is 24.2. The molecule has 2 aromatic heterocycles. The molecule has 0 spiro atoms. The number of esters is 1. The summed E-state index contributed by atoms with van der Waals surface area (Å²) in [7, 11) is 0. The van der Waals surface area contributed by atoms with Gasteiger partial charge in [-0.25, -0.2) is 14.3 Å². The maximum absolute atomic E-state index is 13.0. The molecule has 0 saturated heterocycles. The van der Waals surface area contributed by atoms with Crippen molar-refractivity contribution in [3.05, 3.63) is 88.8 Å². The fourth-order valence-corrected chi connectivity index (χ4v) is 4.27. The third-order valence-corrected chi connectivity index (χ3v) is 5.97. The smallest absolute Gasteiger partial charge is 0.330 e. The monoisotopic (exact) mass is 487 g/mol. The molecule has 1 amide bonds. The van der Waals surface area contributed by atoms with Crippen LogP contribution < -0.4 is 5.32 Å². The second-order valence-corrected chi connectivity index (χ2v) is 8.69. The van der Waals surface area contributed by atoms with Gasteiger partial charge in [0.2, 0.25) is 5.16 Å². The lowest BCUT2D eigenvalue weighted by Gasteiger charge is -2.10. The lowest BCUT2D eigenvalue weighted by atomic mass is 10.1.